The number of amides is 1. The summed E-state index contributed by atoms with van der Waals surface area (Å²) < 4.78 is 5.46. The van der Waals surface area contributed by atoms with Gasteiger partial charge < -0.3 is 15.8 Å². The number of rotatable bonds is 5. The monoisotopic (exact) mass is 326 g/mol. The van der Waals surface area contributed by atoms with Crippen LogP contribution in [0.3, 0.4) is 0 Å². The maximum absolute atomic E-state index is 11.7. The molecule has 0 aliphatic rings. The van der Waals surface area contributed by atoms with Crippen molar-refractivity contribution in [3.8, 4) is 5.75 Å². The molecule has 4 nitrogen and oxygen atoms in total. The first kappa shape index (κ1) is 18.3. The molecule has 1 rings (SSSR count). The van der Waals surface area contributed by atoms with Crippen LogP contribution in [-0.4, -0.2) is 24.6 Å². The first-order chi connectivity index (χ1) is 8.43. The van der Waals surface area contributed by atoms with Gasteiger partial charge in [-0.3, -0.25) is 4.79 Å². The van der Waals surface area contributed by atoms with Crippen molar-refractivity contribution in [1.29, 1.82) is 0 Å². The molecule has 7 heteroatoms. The lowest BCUT2D eigenvalue weighted by atomic mass is 10.3. The number of ether oxygens (including phenoxy) is 1. The summed E-state index contributed by atoms with van der Waals surface area (Å²) >= 11 is 11.7. The van der Waals surface area contributed by atoms with Gasteiger partial charge in [-0.2, -0.15) is 0 Å². The third kappa shape index (κ3) is 5.87. The number of halogens is 3. The molecule has 1 amide bonds. The van der Waals surface area contributed by atoms with Crippen molar-refractivity contribution in [2.45, 2.75) is 26.0 Å². The van der Waals surface area contributed by atoms with Crippen molar-refractivity contribution in [2.24, 2.45) is 5.73 Å². The molecule has 0 saturated carbocycles. The first-order valence-corrected chi connectivity index (χ1v) is 6.31. The van der Waals surface area contributed by atoms with E-state index in [9.17, 15) is 4.79 Å². The van der Waals surface area contributed by atoms with Crippen LogP contribution >= 0.6 is 35.6 Å². The van der Waals surface area contributed by atoms with Gasteiger partial charge in [0.25, 0.3) is 5.91 Å². The summed E-state index contributed by atoms with van der Waals surface area (Å²) in [6.45, 7) is 3.84. The van der Waals surface area contributed by atoms with E-state index in [4.69, 9.17) is 33.7 Å². The first-order valence-electron chi connectivity index (χ1n) is 5.56. The van der Waals surface area contributed by atoms with Crippen LogP contribution in [0.1, 0.15) is 13.8 Å². The lowest BCUT2D eigenvalue weighted by Crippen LogP contribution is -2.44. The van der Waals surface area contributed by atoms with Gasteiger partial charge in [0.15, 0.2) is 6.10 Å². The molecule has 3 N–H and O–H groups in total. The van der Waals surface area contributed by atoms with Gasteiger partial charge in [-0.05, 0) is 32.0 Å². The summed E-state index contributed by atoms with van der Waals surface area (Å²) in [5, 5.41) is 3.61. The highest BCUT2D eigenvalue weighted by Crippen LogP contribution is 2.28. The van der Waals surface area contributed by atoms with E-state index in [0.29, 0.717) is 22.3 Å². The van der Waals surface area contributed by atoms with Crippen molar-refractivity contribution in [1.82, 2.24) is 5.32 Å². The van der Waals surface area contributed by atoms with Gasteiger partial charge in [0.1, 0.15) is 5.75 Å². The van der Waals surface area contributed by atoms with Gasteiger partial charge in [-0.1, -0.05) is 23.2 Å². The fourth-order valence-corrected chi connectivity index (χ4v) is 1.69. The Balaban J connectivity index is 0.00000324. The quantitative estimate of drug-likeness (QED) is 0.874. The van der Waals surface area contributed by atoms with Crippen LogP contribution in [0.25, 0.3) is 0 Å². The predicted molar refractivity (Wildman–Crippen MR) is 80.5 cm³/mol. The lowest BCUT2D eigenvalue weighted by Gasteiger charge is -2.18. The molecule has 0 saturated heterocycles. The number of nitrogens with one attached hydrogen (secondary N) is 1. The minimum atomic E-state index is -0.655. The standard InChI is InChI=1S/C12H16Cl2N2O2.ClH/c1-7(6-15)16-12(17)8(2)18-11-4-3-9(13)5-10(11)14;/h3-5,7-8H,6,15H2,1-2H3,(H,16,17);1H/t7-,8?;/m0./s1. The maximum Gasteiger partial charge on any atom is 0.261 e. The maximum atomic E-state index is 11.7. The Morgan fingerprint density at radius 1 is 1.42 bits per heavy atom. The molecule has 0 radical (unpaired) electrons. The summed E-state index contributed by atoms with van der Waals surface area (Å²) in [7, 11) is 0. The molecule has 0 aliphatic carbocycles. The minimum absolute atomic E-state index is 0. The largest absolute Gasteiger partial charge is 0.479 e. The van der Waals surface area contributed by atoms with E-state index >= 15 is 0 Å². The second-order valence-corrected chi connectivity index (χ2v) is 4.82. The Labute approximate surface area is 129 Å². The van der Waals surface area contributed by atoms with Gasteiger partial charge >= 0.3 is 0 Å². The highest BCUT2D eigenvalue weighted by Gasteiger charge is 2.17. The average molecular weight is 328 g/mol. The van der Waals surface area contributed by atoms with Crippen molar-refractivity contribution < 1.29 is 9.53 Å². The van der Waals surface area contributed by atoms with E-state index in [1.54, 1.807) is 25.1 Å². The molecule has 0 aliphatic heterocycles. The van der Waals surface area contributed by atoms with Crippen molar-refractivity contribution in [3.05, 3.63) is 28.2 Å². The predicted octanol–water partition coefficient (Wildman–Crippen LogP) is 2.65. The van der Waals surface area contributed by atoms with Crippen LogP contribution in [0.2, 0.25) is 10.0 Å². The summed E-state index contributed by atoms with van der Waals surface area (Å²) in [6, 6.07) is 4.74. The molecule has 0 fully saturated rings. The van der Waals surface area contributed by atoms with Crippen LogP contribution < -0.4 is 15.8 Å². The van der Waals surface area contributed by atoms with Crippen LogP contribution in [0.5, 0.6) is 5.75 Å². The van der Waals surface area contributed by atoms with E-state index in [1.165, 1.54) is 0 Å². The summed E-state index contributed by atoms with van der Waals surface area (Å²) in [5.41, 5.74) is 5.42. The highest BCUT2D eigenvalue weighted by atomic mass is 35.5. The van der Waals surface area contributed by atoms with E-state index in [1.807, 2.05) is 6.92 Å². The molecular weight excluding hydrogens is 311 g/mol. The van der Waals surface area contributed by atoms with Crippen LogP contribution in [0, 0.1) is 0 Å². The van der Waals surface area contributed by atoms with Gasteiger partial charge in [0, 0.05) is 17.6 Å². The molecule has 0 bridgehead atoms. The zero-order valence-electron chi connectivity index (χ0n) is 10.7. The zero-order chi connectivity index (χ0) is 13.7. The van der Waals surface area contributed by atoms with Crippen LogP contribution in [0.4, 0.5) is 0 Å². The number of hydrogen-bond acceptors (Lipinski definition) is 3. The van der Waals surface area contributed by atoms with E-state index < -0.39 is 6.10 Å². The van der Waals surface area contributed by atoms with Gasteiger partial charge in [-0.25, -0.2) is 0 Å². The summed E-state index contributed by atoms with van der Waals surface area (Å²) in [4.78, 5) is 11.7. The third-order valence-corrected chi connectivity index (χ3v) is 2.84. The SMILES string of the molecule is CC(Oc1ccc(Cl)cc1Cl)C(=O)N[C@@H](C)CN.Cl. The number of carbonyl (C=O) groups is 1. The minimum Gasteiger partial charge on any atom is -0.479 e. The Kier molecular flexibility index (Phi) is 8.18. The summed E-state index contributed by atoms with van der Waals surface area (Å²) in [6.07, 6.45) is -0.655. The number of nitrogens with two attached hydrogens (primary N) is 1. The van der Waals surface area contributed by atoms with E-state index in [-0.39, 0.29) is 24.4 Å². The topological polar surface area (TPSA) is 64.3 Å². The van der Waals surface area contributed by atoms with Gasteiger partial charge in [0.05, 0.1) is 5.02 Å². The number of carbonyl (C=O) groups excluding carboxylic acids is 1. The normalized spacial score (nSPS) is 13.1. The fourth-order valence-electron chi connectivity index (χ4n) is 1.23. The van der Waals surface area contributed by atoms with Gasteiger partial charge in [0.2, 0.25) is 0 Å². The number of hydrogen-bond donors (Lipinski definition) is 2. The van der Waals surface area contributed by atoms with Gasteiger partial charge in [-0.15, -0.1) is 12.4 Å². The molecule has 1 aromatic rings. The Bertz CT molecular complexity index is 429. The molecule has 1 aromatic carbocycles. The molecule has 0 heterocycles. The van der Waals surface area contributed by atoms with Crippen LogP contribution in [-0.2, 0) is 4.79 Å². The lowest BCUT2D eigenvalue weighted by molar-refractivity contribution is -0.127. The average Bonchev–Trinajstić information content (AvgIpc) is 2.32. The fraction of sp³-hybridized carbons (Fsp3) is 0.417. The zero-order valence-corrected chi connectivity index (χ0v) is 13.0. The Hall–Kier alpha value is -0.680. The Morgan fingerprint density at radius 2 is 2.05 bits per heavy atom. The molecule has 0 aromatic heterocycles. The third-order valence-electron chi connectivity index (χ3n) is 2.31. The second-order valence-electron chi connectivity index (χ2n) is 3.98. The van der Waals surface area contributed by atoms with E-state index in [0.717, 1.165) is 0 Å². The molecule has 2 atom stereocenters. The van der Waals surface area contributed by atoms with Crippen molar-refractivity contribution in [3.63, 3.8) is 0 Å². The smallest absolute Gasteiger partial charge is 0.261 e. The second kappa shape index (κ2) is 8.48. The highest BCUT2D eigenvalue weighted by molar-refractivity contribution is 6.35. The molecular formula is C12H17Cl3N2O2. The Morgan fingerprint density at radius 3 is 2.58 bits per heavy atom. The molecule has 108 valence electrons. The van der Waals surface area contributed by atoms with Crippen LogP contribution in [0.15, 0.2) is 18.2 Å². The van der Waals surface area contributed by atoms with Crippen molar-refractivity contribution in [2.75, 3.05) is 6.54 Å². The molecule has 1 unspecified atom stereocenters. The summed E-state index contributed by atoms with van der Waals surface area (Å²) in [5.74, 6) is 0.183. The molecule has 0 spiro atoms. The van der Waals surface area contributed by atoms with Crippen molar-refractivity contribution >= 4 is 41.5 Å². The number of benzene rings is 1. The van der Waals surface area contributed by atoms with E-state index in [2.05, 4.69) is 5.32 Å². The molecule has 19 heavy (non-hydrogen) atoms.